The average Bonchev–Trinajstić information content (AvgIpc) is 2.89. The Balaban J connectivity index is 1.68. The summed E-state index contributed by atoms with van der Waals surface area (Å²) in [6.45, 7) is 15.2. The van der Waals surface area contributed by atoms with Gasteiger partial charge in [0.25, 0.3) is 0 Å². The molecule has 2 fully saturated rings. The number of piperidine rings is 1. The van der Waals surface area contributed by atoms with Crippen LogP contribution < -0.4 is 0 Å². The summed E-state index contributed by atoms with van der Waals surface area (Å²) >= 11 is 0. The van der Waals surface area contributed by atoms with Crippen LogP contribution in [0.25, 0.3) is 0 Å². The van der Waals surface area contributed by atoms with Crippen LogP contribution in [0.5, 0.6) is 0 Å². The standard InChI is InChI=1S/C34H66N2O/c1-5-9-13-16-20-31(19-15-11-7-3)22-23-33(37)36-29-34(30-36)24-26-35(27-25-34)28-32(18-12-8-4)21-17-14-10-6-2/h31-32H,5-30H2,1-4H3. The Morgan fingerprint density at radius 1 is 0.622 bits per heavy atom. The van der Waals surface area contributed by atoms with Crippen molar-refractivity contribution in [3.63, 3.8) is 0 Å². The molecule has 0 bridgehead atoms. The summed E-state index contributed by atoms with van der Waals surface area (Å²) in [5.74, 6) is 2.12. The predicted octanol–water partition coefficient (Wildman–Crippen LogP) is 9.63. The van der Waals surface area contributed by atoms with E-state index in [1.54, 1.807) is 0 Å². The van der Waals surface area contributed by atoms with E-state index in [1.807, 2.05) is 0 Å². The molecule has 2 saturated heterocycles. The molecule has 2 rings (SSSR count). The first-order valence-electron chi connectivity index (χ1n) is 17.1. The van der Waals surface area contributed by atoms with Gasteiger partial charge in [0.05, 0.1) is 0 Å². The Bertz CT molecular complexity index is 560. The summed E-state index contributed by atoms with van der Waals surface area (Å²) < 4.78 is 0. The minimum atomic E-state index is 0.451. The van der Waals surface area contributed by atoms with Crippen LogP contribution in [0.2, 0.25) is 0 Å². The lowest BCUT2D eigenvalue weighted by molar-refractivity contribution is -0.147. The molecule has 0 aromatic rings. The quantitative estimate of drug-likeness (QED) is 0.133. The zero-order chi connectivity index (χ0) is 26.8. The van der Waals surface area contributed by atoms with Gasteiger partial charge in [-0.1, -0.05) is 124 Å². The highest BCUT2D eigenvalue weighted by Crippen LogP contribution is 2.41. The van der Waals surface area contributed by atoms with Crippen LogP contribution in [0, 0.1) is 17.3 Å². The van der Waals surface area contributed by atoms with Crippen LogP contribution in [0.4, 0.5) is 0 Å². The van der Waals surface area contributed by atoms with Crippen molar-refractivity contribution in [2.24, 2.45) is 17.3 Å². The van der Waals surface area contributed by atoms with Crippen molar-refractivity contribution in [3.05, 3.63) is 0 Å². The van der Waals surface area contributed by atoms with Crippen molar-refractivity contribution >= 4 is 5.91 Å². The van der Waals surface area contributed by atoms with Gasteiger partial charge in [-0.2, -0.15) is 0 Å². The molecule has 0 aliphatic carbocycles. The number of hydrogen-bond acceptors (Lipinski definition) is 2. The van der Waals surface area contributed by atoms with E-state index in [-0.39, 0.29) is 0 Å². The summed E-state index contributed by atoms with van der Waals surface area (Å²) in [7, 11) is 0. The molecule has 1 spiro atoms. The predicted molar refractivity (Wildman–Crippen MR) is 162 cm³/mol. The Kier molecular flexibility index (Phi) is 17.2. The van der Waals surface area contributed by atoms with Gasteiger partial charge in [0.15, 0.2) is 0 Å². The van der Waals surface area contributed by atoms with Gasteiger partial charge in [0.2, 0.25) is 5.91 Å². The average molecular weight is 519 g/mol. The van der Waals surface area contributed by atoms with E-state index in [2.05, 4.69) is 37.5 Å². The summed E-state index contributed by atoms with van der Waals surface area (Å²) in [5, 5.41) is 0. The van der Waals surface area contributed by atoms with E-state index in [9.17, 15) is 4.79 Å². The topological polar surface area (TPSA) is 23.6 Å². The molecule has 3 heteroatoms. The van der Waals surface area contributed by atoms with Gasteiger partial charge < -0.3 is 9.80 Å². The molecule has 0 aromatic heterocycles. The lowest BCUT2D eigenvalue weighted by atomic mass is 9.71. The maximum atomic E-state index is 13.0. The van der Waals surface area contributed by atoms with E-state index >= 15 is 0 Å². The molecule has 0 saturated carbocycles. The van der Waals surface area contributed by atoms with E-state index in [0.717, 1.165) is 37.8 Å². The van der Waals surface area contributed by atoms with Gasteiger partial charge in [-0.25, -0.2) is 0 Å². The highest BCUT2D eigenvalue weighted by Gasteiger charge is 2.46. The fraction of sp³-hybridized carbons (Fsp3) is 0.971. The van der Waals surface area contributed by atoms with Gasteiger partial charge in [0.1, 0.15) is 0 Å². The van der Waals surface area contributed by atoms with Crippen LogP contribution in [-0.2, 0) is 4.79 Å². The third-order valence-corrected chi connectivity index (χ3v) is 9.72. The molecule has 1 amide bonds. The highest BCUT2D eigenvalue weighted by molar-refractivity contribution is 5.77. The largest absolute Gasteiger partial charge is 0.341 e. The molecule has 0 radical (unpaired) electrons. The number of rotatable bonds is 22. The van der Waals surface area contributed by atoms with Crippen LogP contribution in [0.3, 0.4) is 0 Å². The van der Waals surface area contributed by atoms with Crippen LogP contribution >= 0.6 is 0 Å². The molecule has 0 N–H and O–H groups in total. The van der Waals surface area contributed by atoms with Crippen LogP contribution in [0.15, 0.2) is 0 Å². The van der Waals surface area contributed by atoms with Gasteiger partial charge in [-0.05, 0) is 57.0 Å². The third-order valence-electron chi connectivity index (χ3n) is 9.72. The first-order chi connectivity index (χ1) is 18.1. The zero-order valence-corrected chi connectivity index (χ0v) is 25.8. The van der Waals surface area contributed by atoms with E-state index < -0.39 is 0 Å². The molecule has 2 unspecified atom stereocenters. The molecule has 2 aliphatic rings. The minimum Gasteiger partial charge on any atom is -0.341 e. The number of carbonyl (C=O) groups excluding carboxylic acids is 1. The smallest absolute Gasteiger partial charge is 0.222 e. The molecule has 2 heterocycles. The maximum absolute atomic E-state index is 13.0. The van der Waals surface area contributed by atoms with Gasteiger partial charge in [0, 0.05) is 31.5 Å². The normalized spacial score (nSPS) is 19.2. The van der Waals surface area contributed by atoms with Gasteiger partial charge in [-0.15, -0.1) is 0 Å². The Hall–Kier alpha value is -0.570. The van der Waals surface area contributed by atoms with Crippen LogP contribution in [-0.4, -0.2) is 48.4 Å². The second-order valence-corrected chi connectivity index (χ2v) is 13.2. The van der Waals surface area contributed by atoms with Crippen molar-refractivity contribution in [3.8, 4) is 0 Å². The minimum absolute atomic E-state index is 0.451. The first-order valence-corrected chi connectivity index (χ1v) is 17.1. The highest BCUT2D eigenvalue weighted by atomic mass is 16.2. The summed E-state index contributed by atoms with van der Waals surface area (Å²) in [6, 6.07) is 0. The second-order valence-electron chi connectivity index (χ2n) is 13.2. The van der Waals surface area contributed by atoms with Gasteiger partial charge in [-0.3, -0.25) is 4.79 Å². The number of nitrogens with zero attached hydrogens (tertiary/aromatic N) is 2. The van der Waals surface area contributed by atoms with Crippen molar-refractivity contribution in [1.82, 2.24) is 9.80 Å². The monoisotopic (exact) mass is 519 g/mol. The lowest BCUT2D eigenvalue weighted by Gasteiger charge is -2.54. The number of carbonyl (C=O) groups is 1. The molecule has 2 aliphatic heterocycles. The number of unbranched alkanes of at least 4 members (excludes halogenated alkanes) is 9. The zero-order valence-electron chi connectivity index (χ0n) is 25.8. The fourth-order valence-corrected chi connectivity index (χ4v) is 6.97. The van der Waals surface area contributed by atoms with Crippen molar-refractivity contribution in [2.45, 2.75) is 163 Å². The molecular weight excluding hydrogens is 452 g/mol. The van der Waals surface area contributed by atoms with Crippen molar-refractivity contribution in [2.75, 3.05) is 32.7 Å². The first kappa shape index (κ1) is 32.6. The molecule has 2 atom stereocenters. The Morgan fingerprint density at radius 3 is 1.68 bits per heavy atom. The second kappa shape index (κ2) is 19.5. The van der Waals surface area contributed by atoms with E-state index in [4.69, 9.17) is 0 Å². The number of hydrogen-bond donors (Lipinski definition) is 0. The number of likely N-dealkylation sites (tertiary alicyclic amines) is 2. The van der Waals surface area contributed by atoms with Crippen molar-refractivity contribution < 1.29 is 4.79 Å². The molecular formula is C34H66N2O. The van der Waals surface area contributed by atoms with Crippen molar-refractivity contribution in [1.29, 1.82) is 0 Å². The Morgan fingerprint density at radius 2 is 1.11 bits per heavy atom. The molecule has 37 heavy (non-hydrogen) atoms. The maximum Gasteiger partial charge on any atom is 0.222 e. The lowest BCUT2D eigenvalue weighted by Crippen LogP contribution is -2.62. The third kappa shape index (κ3) is 12.9. The summed E-state index contributed by atoms with van der Waals surface area (Å²) in [5.41, 5.74) is 0.451. The van der Waals surface area contributed by atoms with Gasteiger partial charge >= 0.3 is 0 Å². The Labute approximate surface area is 232 Å². The van der Waals surface area contributed by atoms with E-state index in [1.165, 1.54) is 142 Å². The number of amides is 1. The fourth-order valence-electron chi connectivity index (χ4n) is 6.97. The molecule has 3 nitrogen and oxygen atoms in total. The van der Waals surface area contributed by atoms with E-state index in [0.29, 0.717) is 11.3 Å². The molecule has 218 valence electrons. The SMILES string of the molecule is CCCCCCC(CCCCC)CCC(=O)N1CC2(CCN(CC(CCCC)CCCCCC)CC2)C1. The van der Waals surface area contributed by atoms with Crippen LogP contribution in [0.1, 0.15) is 163 Å². The summed E-state index contributed by atoms with van der Waals surface area (Å²) in [4.78, 5) is 18.0. The summed E-state index contributed by atoms with van der Waals surface area (Å²) in [6.07, 6.45) is 27.8. The molecule has 0 aromatic carbocycles.